The topological polar surface area (TPSA) is 63.6 Å². The third kappa shape index (κ3) is 10.0. The molecule has 0 bridgehead atoms. The van der Waals surface area contributed by atoms with Crippen LogP contribution in [-0.4, -0.2) is 11.5 Å². The molecule has 4 nitrogen and oxygen atoms in total. The molecule has 0 saturated heterocycles. The van der Waals surface area contributed by atoms with E-state index in [1.807, 2.05) is 0 Å². The Balaban J connectivity index is 3.06. The standard InChI is InChI=1S/C5H8O4P2/c6-10-5-3-1-2-4-9-11(7)8/h1-4H2/p+1. The molecule has 0 rings (SSSR count). The van der Waals surface area contributed by atoms with Crippen LogP contribution < -0.4 is 0 Å². The summed E-state index contributed by atoms with van der Waals surface area (Å²) >= 11 is 0. The molecule has 0 aliphatic carbocycles. The van der Waals surface area contributed by atoms with Crippen LogP contribution in [0.4, 0.5) is 0 Å². The van der Waals surface area contributed by atoms with Crippen molar-refractivity contribution in [1.29, 1.82) is 0 Å². The predicted molar refractivity (Wildman–Crippen MR) is 41.1 cm³/mol. The van der Waals surface area contributed by atoms with Gasteiger partial charge in [0.2, 0.25) is 0 Å². The molecule has 6 heteroatoms. The van der Waals surface area contributed by atoms with Gasteiger partial charge in [0.05, 0.1) is 0 Å². The first-order valence-electron chi connectivity index (χ1n) is 3.11. The van der Waals surface area contributed by atoms with Gasteiger partial charge in [0.25, 0.3) is 0 Å². The number of rotatable bonds is 5. The first-order chi connectivity index (χ1) is 5.27. The van der Waals surface area contributed by atoms with E-state index in [4.69, 9.17) is 4.89 Å². The maximum atomic E-state index is 9.95. The van der Waals surface area contributed by atoms with E-state index in [0.717, 1.165) is 6.42 Å². The fraction of sp³-hybridized carbons (Fsp3) is 0.800. The summed E-state index contributed by atoms with van der Waals surface area (Å²) in [5.74, 6) is 0. The Morgan fingerprint density at radius 2 is 2.27 bits per heavy atom. The van der Waals surface area contributed by atoms with Gasteiger partial charge in [0, 0.05) is 0 Å². The summed E-state index contributed by atoms with van der Waals surface area (Å²) < 4.78 is 24.1. The molecule has 0 fully saturated rings. The van der Waals surface area contributed by atoms with Crippen molar-refractivity contribution in [2.24, 2.45) is 0 Å². The van der Waals surface area contributed by atoms with Gasteiger partial charge >= 0.3 is 66.2 Å². The van der Waals surface area contributed by atoms with Crippen LogP contribution in [0, 0.1) is 5.63 Å². The summed E-state index contributed by atoms with van der Waals surface area (Å²) in [7, 11) is -2.54. The van der Waals surface area contributed by atoms with Gasteiger partial charge in [0.15, 0.2) is 0 Å². The van der Waals surface area contributed by atoms with Crippen LogP contribution in [0.3, 0.4) is 0 Å². The van der Waals surface area contributed by atoms with Gasteiger partial charge in [-0.15, -0.1) is 0 Å². The van der Waals surface area contributed by atoms with Crippen LogP contribution in [0.5, 0.6) is 0 Å². The molecule has 1 N–H and O–H groups in total. The Morgan fingerprint density at radius 1 is 1.55 bits per heavy atom. The molecule has 0 aromatic heterocycles. The van der Waals surface area contributed by atoms with E-state index in [0.29, 0.717) is 12.8 Å². The molecular formula is C5H9O4P2+. The van der Waals surface area contributed by atoms with Gasteiger partial charge in [0.1, 0.15) is 0 Å². The van der Waals surface area contributed by atoms with Gasteiger partial charge < -0.3 is 0 Å². The second-order valence-electron chi connectivity index (χ2n) is 1.78. The molecule has 0 spiro atoms. The summed E-state index contributed by atoms with van der Waals surface area (Å²) in [6, 6.07) is 0. The molecule has 0 aromatic rings. The van der Waals surface area contributed by atoms with Gasteiger partial charge in [-0.2, -0.15) is 0 Å². The molecule has 62 valence electrons. The van der Waals surface area contributed by atoms with E-state index < -0.39 is 8.25 Å². The number of hydrogen-bond donors (Lipinski definition) is 1. The third-order valence-electron chi connectivity index (χ3n) is 0.949. The van der Waals surface area contributed by atoms with Crippen LogP contribution in [0.15, 0.2) is 0 Å². The second kappa shape index (κ2) is 8.13. The molecule has 1 unspecified atom stereocenters. The van der Waals surface area contributed by atoms with Gasteiger partial charge in [-0.05, 0) is 0 Å². The molecular weight excluding hydrogens is 186 g/mol. The quantitative estimate of drug-likeness (QED) is 0.538. The molecule has 0 aliphatic rings. The van der Waals surface area contributed by atoms with E-state index in [1.54, 1.807) is 0 Å². The zero-order valence-electron chi connectivity index (χ0n) is 5.89. The van der Waals surface area contributed by atoms with Crippen molar-refractivity contribution in [3.63, 3.8) is 0 Å². The van der Waals surface area contributed by atoms with Gasteiger partial charge in [-0.1, -0.05) is 0 Å². The van der Waals surface area contributed by atoms with Crippen molar-refractivity contribution in [1.82, 2.24) is 0 Å². The van der Waals surface area contributed by atoms with Gasteiger partial charge in [-0.25, -0.2) is 0 Å². The molecule has 0 aromatic carbocycles. The first-order valence-corrected chi connectivity index (χ1v) is 5.06. The van der Waals surface area contributed by atoms with Crippen molar-refractivity contribution in [2.75, 3.05) is 6.61 Å². The number of unbranched alkanes of at least 4 members (excludes halogenated alkanes) is 2. The molecule has 0 aliphatic heterocycles. The molecule has 0 amide bonds. The summed E-state index contributed by atoms with van der Waals surface area (Å²) in [6.07, 6.45) is 2.08. The Morgan fingerprint density at radius 3 is 2.82 bits per heavy atom. The van der Waals surface area contributed by atoms with Crippen molar-refractivity contribution < 1.29 is 18.5 Å². The van der Waals surface area contributed by atoms with Gasteiger partial charge in [-0.3, -0.25) is 0 Å². The van der Waals surface area contributed by atoms with Crippen molar-refractivity contribution in [2.45, 2.75) is 19.3 Å². The van der Waals surface area contributed by atoms with Crippen LogP contribution in [0.25, 0.3) is 0 Å². The monoisotopic (exact) mass is 195 g/mol. The molecule has 11 heavy (non-hydrogen) atoms. The molecule has 0 saturated carbocycles. The van der Waals surface area contributed by atoms with Crippen molar-refractivity contribution in [3.8, 4) is 5.63 Å². The third-order valence-corrected chi connectivity index (χ3v) is 1.71. The van der Waals surface area contributed by atoms with Crippen LogP contribution >= 0.6 is 16.2 Å². The second-order valence-corrected chi connectivity index (χ2v) is 3.01. The van der Waals surface area contributed by atoms with E-state index in [2.05, 4.69) is 10.2 Å². The number of hydrogen-bond acceptors (Lipinski definition) is 3. The molecule has 1 atom stereocenters. The van der Waals surface area contributed by atoms with E-state index in [1.165, 1.54) is 0 Å². The zero-order chi connectivity index (χ0) is 8.53. The zero-order valence-corrected chi connectivity index (χ0v) is 7.68. The SMILES string of the molecule is O=P#CCCCCO[P+](=O)O. The maximum absolute atomic E-state index is 9.95. The Kier molecular flexibility index (Phi) is 8.15. The average Bonchev–Trinajstić information content (AvgIpc) is 1.96. The Bertz CT molecular complexity index is 208. The van der Waals surface area contributed by atoms with Crippen LogP contribution in [-0.2, 0) is 13.7 Å². The predicted octanol–water partition coefficient (Wildman–Crippen LogP) is 2.07. The van der Waals surface area contributed by atoms with Crippen LogP contribution in [0.1, 0.15) is 19.3 Å². The average molecular weight is 195 g/mol. The fourth-order valence-electron chi connectivity index (χ4n) is 0.494. The first kappa shape index (κ1) is 11.0. The molecule has 0 heterocycles. The Labute approximate surface area is 67.0 Å². The van der Waals surface area contributed by atoms with E-state index in [-0.39, 0.29) is 14.5 Å². The van der Waals surface area contributed by atoms with E-state index >= 15 is 0 Å². The fourth-order valence-corrected chi connectivity index (χ4v) is 1.03. The molecule has 0 radical (unpaired) electrons. The minimum atomic E-state index is -2.46. The normalized spacial score (nSPS) is 10.5. The van der Waals surface area contributed by atoms with Crippen molar-refractivity contribution in [3.05, 3.63) is 0 Å². The summed E-state index contributed by atoms with van der Waals surface area (Å²) in [4.78, 5) is 8.18. The van der Waals surface area contributed by atoms with Crippen LogP contribution in [0.2, 0.25) is 0 Å². The van der Waals surface area contributed by atoms with E-state index in [9.17, 15) is 9.13 Å². The van der Waals surface area contributed by atoms with Crippen molar-refractivity contribution >= 4 is 16.2 Å². The minimum absolute atomic E-state index is 0.0824. The summed E-state index contributed by atoms with van der Waals surface area (Å²) in [6.45, 7) is 0.267. The summed E-state index contributed by atoms with van der Waals surface area (Å²) in [5.41, 5.74) is 2.56. The summed E-state index contributed by atoms with van der Waals surface area (Å²) in [5, 5.41) is 0. The Hall–Kier alpha value is 0.0300.